The van der Waals surface area contributed by atoms with E-state index >= 15 is 0 Å². The topological polar surface area (TPSA) is 36.7 Å². The molecule has 0 radical (unpaired) electrons. The fraction of sp³-hybridized carbons (Fsp3) is 0.128. The van der Waals surface area contributed by atoms with Crippen molar-refractivity contribution >= 4 is 40.8 Å². The van der Waals surface area contributed by atoms with Crippen molar-refractivity contribution in [2.24, 2.45) is 12.1 Å². The standard InChI is InChI=1S/C39H36BN5/c1-28-21-29(2)38(30(3)22-28)40(34-17-12-20-36(24-34)45-27-44(26-41-45)35-18-9-6-10-19-35)33-16-11-15-32(23-33)39-42-37(25-43(39)4)31-13-7-5-8-14-31/h5-26H,27H2,1-4H3. The van der Waals surface area contributed by atoms with Crippen molar-refractivity contribution in [1.82, 2.24) is 9.55 Å². The Morgan fingerprint density at radius 2 is 1.27 bits per heavy atom. The lowest BCUT2D eigenvalue weighted by molar-refractivity contribution is 0.913. The molecule has 6 aromatic rings. The Labute approximate surface area is 266 Å². The van der Waals surface area contributed by atoms with Gasteiger partial charge in [0.2, 0.25) is 6.71 Å². The molecule has 6 heteroatoms. The van der Waals surface area contributed by atoms with Gasteiger partial charge in [0.05, 0.1) is 11.4 Å². The van der Waals surface area contributed by atoms with Crippen LogP contribution in [-0.4, -0.2) is 29.3 Å². The maximum Gasteiger partial charge on any atom is 0.242 e. The van der Waals surface area contributed by atoms with Gasteiger partial charge in [-0.1, -0.05) is 130 Å². The van der Waals surface area contributed by atoms with Crippen molar-refractivity contribution in [1.29, 1.82) is 0 Å². The van der Waals surface area contributed by atoms with E-state index in [2.05, 4.69) is 158 Å². The molecule has 0 aliphatic carbocycles. The van der Waals surface area contributed by atoms with Gasteiger partial charge < -0.3 is 9.47 Å². The van der Waals surface area contributed by atoms with E-state index in [1.54, 1.807) is 0 Å². The summed E-state index contributed by atoms with van der Waals surface area (Å²) in [5, 5.41) is 6.84. The summed E-state index contributed by atoms with van der Waals surface area (Å²) < 4.78 is 2.13. The highest BCUT2D eigenvalue weighted by atomic mass is 15.6. The highest BCUT2D eigenvalue weighted by Gasteiger charge is 2.27. The second-order valence-corrected chi connectivity index (χ2v) is 12.0. The van der Waals surface area contributed by atoms with Crippen molar-refractivity contribution in [3.8, 4) is 22.6 Å². The van der Waals surface area contributed by atoms with E-state index < -0.39 is 0 Å². The van der Waals surface area contributed by atoms with Crippen LogP contribution in [0.15, 0.2) is 133 Å². The molecular formula is C39H36BN5. The smallest absolute Gasteiger partial charge is 0.242 e. The number of aromatic nitrogens is 2. The molecule has 0 bridgehead atoms. The zero-order valence-electron chi connectivity index (χ0n) is 26.2. The number of hydrogen-bond acceptors (Lipinski definition) is 4. The van der Waals surface area contributed by atoms with Crippen LogP contribution in [0.3, 0.4) is 0 Å². The van der Waals surface area contributed by atoms with Gasteiger partial charge in [0, 0.05) is 30.1 Å². The molecule has 1 aliphatic heterocycles. The summed E-state index contributed by atoms with van der Waals surface area (Å²) in [7, 11) is 2.08. The molecule has 0 amide bonds. The molecule has 220 valence electrons. The lowest BCUT2D eigenvalue weighted by atomic mass is 9.35. The zero-order chi connectivity index (χ0) is 30.9. The predicted molar refractivity (Wildman–Crippen MR) is 191 cm³/mol. The van der Waals surface area contributed by atoms with Crippen LogP contribution in [0.4, 0.5) is 11.4 Å². The van der Waals surface area contributed by atoms with Crippen LogP contribution in [-0.2, 0) is 7.05 Å². The first-order valence-electron chi connectivity index (χ1n) is 15.4. The minimum atomic E-state index is 0.0381. The van der Waals surface area contributed by atoms with E-state index in [-0.39, 0.29) is 6.71 Å². The number of para-hydroxylation sites is 1. The largest absolute Gasteiger partial charge is 0.333 e. The molecule has 0 atom stereocenters. The minimum Gasteiger partial charge on any atom is -0.333 e. The number of rotatable bonds is 7. The Morgan fingerprint density at radius 1 is 0.644 bits per heavy atom. The molecule has 5 aromatic carbocycles. The maximum atomic E-state index is 5.08. The Balaban J connectivity index is 1.30. The summed E-state index contributed by atoms with van der Waals surface area (Å²) in [6.07, 6.45) is 4.02. The maximum absolute atomic E-state index is 5.08. The summed E-state index contributed by atoms with van der Waals surface area (Å²) in [6, 6.07) is 43.1. The first-order valence-corrected chi connectivity index (χ1v) is 15.4. The third-order valence-electron chi connectivity index (χ3n) is 8.66. The van der Waals surface area contributed by atoms with Gasteiger partial charge in [0.25, 0.3) is 0 Å². The molecule has 0 N–H and O–H groups in total. The van der Waals surface area contributed by atoms with Crippen LogP contribution in [0, 0.1) is 20.8 Å². The number of benzene rings is 5. The van der Waals surface area contributed by atoms with Crippen LogP contribution in [0.1, 0.15) is 16.7 Å². The van der Waals surface area contributed by atoms with Crippen molar-refractivity contribution in [2.75, 3.05) is 16.6 Å². The lowest BCUT2D eigenvalue weighted by Crippen LogP contribution is -2.54. The van der Waals surface area contributed by atoms with E-state index in [9.17, 15) is 0 Å². The molecule has 0 fully saturated rings. The first kappa shape index (κ1) is 28.4. The fourth-order valence-electron chi connectivity index (χ4n) is 6.64. The Hall–Kier alpha value is -5.36. The SMILES string of the molecule is Cc1cc(C)c(B(c2cccc(-c3nc(-c4ccccc4)cn3C)c2)c2cccc(N3CN(c4ccccc4)C=N3)c2)c(C)c1. The minimum absolute atomic E-state index is 0.0381. The van der Waals surface area contributed by atoms with Crippen LogP contribution in [0.2, 0.25) is 0 Å². The number of hydrogen-bond donors (Lipinski definition) is 0. The average molecular weight is 586 g/mol. The van der Waals surface area contributed by atoms with Crippen molar-refractivity contribution in [3.05, 3.63) is 144 Å². The third-order valence-corrected chi connectivity index (χ3v) is 8.66. The quantitative estimate of drug-likeness (QED) is 0.203. The van der Waals surface area contributed by atoms with Crippen LogP contribution in [0.25, 0.3) is 22.6 Å². The highest BCUT2D eigenvalue weighted by molar-refractivity contribution is 6.96. The molecule has 2 heterocycles. The molecule has 45 heavy (non-hydrogen) atoms. The normalized spacial score (nSPS) is 12.6. The van der Waals surface area contributed by atoms with Gasteiger partial charge in [-0.2, -0.15) is 5.10 Å². The third kappa shape index (κ3) is 5.67. The van der Waals surface area contributed by atoms with E-state index in [0.29, 0.717) is 6.67 Å². The molecule has 0 spiro atoms. The summed E-state index contributed by atoms with van der Waals surface area (Å²) >= 11 is 0. The number of nitrogens with zero attached hydrogens (tertiary/aromatic N) is 5. The van der Waals surface area contributed by atoms with E-state index in [0.717, 1.165) is 34.0 Å². The van der Waals surface area contributed by atoms with Crippen LogP contribution >= 0.6 is 0 Å². The van der Waals surface area contributed by atoms with Gasteiger partial charge in [0.1, 0.15) is 18.8 Å². The predicted octanol–water partition coefficient (Wildman–Crippen LogP) is 6.42. The number of hydrazone groups is 1. The summed E-state index contributed by atoms with van der Waals surface area (Å²) in [5.74, 6) is 0.952. The summed E-state index contributed by atoms with van der Waals surface area (Å²) in [6.45, 7) is 7.36. The van der Waals surface area contributed by atoms with E-state index in [1.807, 2.05) is 18.5 Å². The fourth-order valence-corrected chi connectivity index (χ4v) is 6.64. The Kier molecular flexibility index (Phi) is 7.56. The van der Waals surface area contributed by atoms with Gasteiger partial charge >= 0.3 is 0 Å². The van der Waals surface area contributed by atoms with Gasteiger partial charge in [-0.15, -0.1) is 0 Å². The monoisotopic (exact) mass is 585 g/mol. The van der Waals surface area contributed by atoms with Crippen LogP contribution in [0.5, 0.6) is 0 Å². The second-order valence-electron chi connectivity index (χ2n) is 12.0. The van der Waals surface area contributed by atoms with Gasteiger partial charge in [0.15, 0.2) is 0 Å². The van der Waals surface area contributed by atoms with Crippen molar-refractivity contribution in [3.63, 3.8) is 0 Å². The van der Waals surface area contributed by atoms with Crippen molar-refractivity contribution in [2.45, 2.75) is 20.8 Å². The molecule has 7 rings (SSSR count). The average Bonchev–Trinajstić information content (AvgIpc) is 3.71. The first-order chi connectivity index (χ1) is 21.9. The number of anilines is 2. The Morgan fingerprint density at radius 3 is 2.00 bits per heavy atom. The van der Waals surface area contributed by atoms with Gasteiger partial charge in [-0.05, 0) is 45.0 Å². The molecule has 0 unspecified atom stereocenters. The second kappa shape index (κ2) is 12.0. The van der Waals surface area contributed by atoms with Crippen LogP contribution < -0.4 is 26.3 Å². The van der Waals surface area contributed by atoms with Gasteiger partial charge in [-0.3, -0.25) is 0 Å². The van der Waals surface area contributed by atoms with E-state index in [4.69, 9.17) is 10.1 Å². The molecule has 0 saturated carbocycles. The number of imidazole rings is 1. The van der Waals surface area contributed by atoms with Crippen molar-refractivity contribution < 1.29 is 0 Å². The lowest BCUT2D eigenvalue weighted by Gasteiger charge is -2.23. The molecular weight excluding hydrogens is 549 g/mol. The molecule has 1 aromatic heterocycles. The number of aryl methyl sites for hydroxylation is 4. The molecule has 1 aliphatic rings. The van der Waals surface area contributed by atoms with E-state index in [1.165, 1.54) is 33.1 Å². The zero-order valence-corrected chi connectivity index (χ0v) is 26.2. The Bertz CT molecular complexity index is 1970. The molecule has 5 nitrogen and oxygen atoms in total. The highest BCUT2D eigenvalue weighted by Crippen LogP contribution is 2.25. The van der Waals surface area contributed by atoms with Gasteiger partial charge in [-0.25, -0.2) is 9.99 Å². The summed E-state index contributed by atoms with van der Waals surface area (Å²) in [4.78, 5) is 7.24. The summed E-state index contributed by atoms with van der Waals surface area (Å²) in [5.41, 5.74) is 13.1. The molecule has 0 saturated heterocycles.